The second-order valence-corrected chi connectivity index (χ2v) is 7.38. The lowest BCUT2D eigenvalue weighted by atomic mass is 10.1. The highest BCUT2D eigenvalue weighted by molar-refractivity contribution is 6.02. The quantitative estimate of drug-likeness (QED) is 0.707. The van der Waals surface area contributed by atoms with E-state index in [1.54, 1.807) is 24.4 Å². The summed E-state index contributed by atoms with van der Waals surface area (Å²) in [6.45, 7) is 4.49. The lowest BCUT2D eigenvalue weighted by molar-refractivity contribution is -0.121. The van der Waals surface area contributed by atoms with Crippen molar-refractivity contribution < 1.29 is 23.9 Å². The maximum atomic E-state index is 12.4. The zero-order valence-corrected chi connectivity index (χ0v) is 17.3. The van der Waals surface area contributed by atoms with Gasteiger partial charge in [0, 0.05) is 31.6 Å². The maximum absolute atomic E-state index is 12.4. The van der Waals surface area contributed by atoms with Crippen LogP contribution in [0, 0.1) is 0 Å². The van der Waals surface area contributed by atoms with Crippen LogP contribution in [0.1, 0.15) is 23.7 Å². The van der Waals surface area contributed by atoms with E-state index in [4.69, 9.17) is 9.47 Å². The third-order valence-corrected chi connectivity index (χ3v) is 5.24. The van der Waals surface area contributed by atoms with Crippen LogP contribution >= 0.6 is 0 Å². The number of aromatic nitrogens is 1. The average molecular weight is 424 g/mol. The normalized spacial score (nSPS) is 15.8. The second kappa shape index (κ2) is 9.13. The number of nitrogens with zero attached hydrogens (tertiary/aromatic N) is 3. The SMILES string of the molecule is CC(=O)c1ccc2c(c1)N(CCC(=O)Nc1ccc(N3CCOCC3)nc1)C(=O)CO2. The number of hydrogen-bond acceptors (Lipinski definition) is 7. The number of morpholine rings is 1. The van der Waals surface area contributed by atoms with E-state index < -0.39 is 0 Å². The molecule has 2 aromatic rings. The summed E-state index contributed by atoms with van der Waals surface area (Å²) in [5, 5.41) is 2.81. The highest BCUT2D eigenvalue weighted by atomic mass is 16.5. The van der Waals surface area contributed by atoms with Gasteiger partial charge in [-0.3, -0.25) is 14.4 Å². The highest BCUT2D eigenvalue weighted by Crippen LogP contribution is 2.33. The van der Waals surface area contributed by atoms with Crippen LogP contribution in [0.5, 0.6) is 5.75 Å². The number of pyridine rings is 1. The van der Waals surface area contributed by atoms with Crippen LogP contribution in [0.4, 0.5) is 17.2 Å². The van der Waals surface area contributed by atoms with Crippen LogP contribution in [-0.4, -0.2) is 62.0 Å². The Kier molecular flexibility index (Phi) is 6.13. The molecule has 0 bridgehead atoms. The Morgan fingerprint density at radius 3 is 2.68 bits per heavy atom. The number of nitrogens with one attached hydrogen (secondary N) is 1. The summed E-state index contributed by atoms with van der Waals surface area (Å²) in [5.74, 6) is 0.777. The van der Waals surface area contributed by atoms with Gasteiger partial charge in [-0.15, -0.1) is 0 Å². The van der Waals surface area contributed by atoms with Crippen LogP contribution in [0.3, 0.4) is 0 Å². The van der Waals surface area contributed by atoms with Crippen molar-refractivity contribution in [1.29, 1.82) is 0 Å². The third kappa shape index (κ3) is 4.83. The second-order valence-electron chi connectivity index (χ2n) is 7.38. The monoisotopic (exact) mass is 424 g/mol. The lowest BCUT2D eigenvalue weighted by Gasteiger charge is -2.29. The van der Waals surface area contributed by atoms with Gasteiger partial charge >= 0.3 is 0 Å². The molecule has 4 rings (SSSR count). The van der Waals surface area contributed by atoms with Crippen molar-refractivity contribution in [2.24, 2.45) is 0 Å². The number of carbonyl (C=O) groups is 3. The minimum absolute atomic E-state index is 0.0963. The summed E-state index contributed by atoms with van der Waals surface area (Å²) in [4.78, 5) is 44.5. The van der Waals surface area contributed by atoms with Crippen molar-refractivity contribution in [3.63, 3.8) is 0 Å². The number of ketones is 1. The molecule has 1 aromatic heterocycles. The molecule has 0 saturated carbocycles. The molecule has 31 heavy (non-hydrogen) atoms. The van der Waals surface area contributed by atoms with Gasteiger partial charge in [0.05, 0.1) is 30.8 Å². The van der Waals surface area contributed by atoms with Crippen LogP contribution in [0.2, 0.25) is 0 Å². The van der Waals surface area contributed by atoms with E-state index >= 15 is 0 Å². The predicted molar refractivity (Wildman–Crippen MR) is 115 cm³/mol. The van der Waals surface area contributed by atoms with Crippen molar-refractivity contribution in [3.05, 3.63) is 42.1 Å². The maximum Gasteiger partial charge on any atom is 0.265 e. The molecule has 3 heterocycles. The van der Waals surface area contributed by atoms with Crippen LogP contribution in [-0.2, 0) is 14.3 Å². The first kappa shape index (κ1) is 20.8. The summed E-state index contributed by atoms with van der Waals surface area (Å²) in [6, 6.07) is 8.64. The summed E-state index contributed by atoms with van der Waals surface area (Å²) < 4.78 is 10.8. The molecule has 2 aliphatic heterocycles. The Labute approximate surface area is 179 Å². The largest absolute Gasteiger partial charge is 0.482 e. The van der Waals surface area contributed by atoms with Crippen molar-refractivity contribution in [3.8, 4) is 5.75 Å². The van der Waals surface area contributed by atoms with E-state index in [-0.39, 0.29) is 37.2 Å². The van der Waals surface area contributed by atoms with Crippen molar-refractivity contribution in [2.75, 3.05) is 54.6 Å². The number of rotatable bonds is 6. The number of ether oxygens (including phenoxy) is 2. The molecule has 1 N–H and O–H groups in total. The van der Waals surface area contributed by atoms with Crippen LogP contribution in [0.15, 0.2) is 36.5 Å². The van der Waals surface area contributed by atoms with Crippen LogP contribution < -0.4 is 19.9 Å². The van der Waals surface area contributed by atoms with Crippen molar-refractivity contribution in [2.45, 2.75) is 13.3 Å². The molecule has 0 spiro atoms. The highest BCUT2D eigenvalue weighted by Gasteiger charge is 2.26. The van der Waals surface area contributed by atoms with Gasteiger partial charge in [0.25, 0.3) is 5.91 Å². The number of amides is 2. The van der Waals surface area contributed by atoms with E-state index in [1.165, 1.54) is 11.8 Å². The molecule has 162 valence electrons. The molecule has 2 aliphatic rings. The fraction of sp³-hybridized carbons (Fsp3) is 0.364. The minimum atomic E-state index is -0.252. The Morgan fingerprint density at radius 2 is 1.97 bits per heavy atom. The van der Waals surface area contributed by atoms with Gasteiger partial charge in [0.1, 0.15) is 11.6 Å². The molecule has 0 unspecified atom stereocenters. The molecule has 2 amide bonds. The van der Waals surface area contributed by atoms with E-state index in [9.17, 15) is 14.4 Å². The number of Topliss-reactive ketones (excluding diaryl/α,β-unsaturated/α-hetero) is 1. The first-order valence-corrected chi connectivity index (χ1v) is 10.2. The van der Waals surface area contributed by atoms with Crippen molar-refractivity contribution >= 4 is 34.8 Å². The molecule has 0 radical (unpaired) electrons. The van der Waals surface area contributed by atoms with Crippen LogP contribution in [0.25, 0.3) is 0 Å². The van der Waals surface area contributed by atoms with E-state index in [2.05, 4.69) is 15.2 Å². The molecule has 9 nitrogen and oxygen atoms in total. The van der Waals surface area contributed by atoms with Gasteiger partial charge in [-0.1, -0.05) is 0 Å². The molecule has 0 atom stereocenters. The standard InChI is InChI=1S/C22H24N4O5/c1-15(27)16-2-4-19-18(12-16)26(22(29)14-31-19)7-6-21(28)24-17-3-5-20(23-13-17)25-8-10-30-11-9-25/h2-5,12-13H,6-11,14H2,1H3,(H,24,28). The fourth-order valence-corrected chi connectivity index (χ4v) is 3.54. The topological polar surface area (TPSA) is 101 Å². The summed E-state index contributed by atoms with van der Waals surface area (Å²) in [7, 11) is 0. The number of anilines is 3. The van der Waals surface area contributed by atoms with E-state index in [1.807, 2.05) is 12.1 Å². The first-order valence-electron chi connectivity index (χ1n) is 10.2. The summed E-state index contributed by atoms with van der Waals surface area (Å²) >= 11 is 0. The predicted octanol–water partition coefficient (Wildman–Crippen LogP) is 1.87. The summed E-state index contributed by atoms with van der Waals surface area (Å²) in [5.41, 5.74) is 1.58. The molecule has 0 aliphatic carbocycles. The van der Waals surface area contributed by atoms with Gasteiger partial charge in [0.15, 0.2) is 12.4 Å². The van der Waals surface area contributed by atoms with Gasteiger partial charge < -0.3 is 24.6 Å². The fourth-order valence-electron chi connectivity index (χ4n) is 3.54. The molecule has 1 aromatic carbocycles. The molecule has 1 fully saturated rings. The zero-order chi connectivity index (χ0) is 21.8. The molecule has 1 saturated heterocycles. The Hall–Kier alpha value is -3.46. The third-order valence-electron chi connectivity index (χ3n) is 5.24. The average Bonchev–Trinajstić information content (AvgIpc) is 2.79. The lowest BCUT2D eigenvalue weighted by Crippen LogP contribution is -2.40. The zero-order valence-electron chi connectivity index (χ0n) is 17.3. The number of benzene rings is 1. The van der Waals surface area contributed by atoms with Crippen molar-refractivity contribution in [1.82, 2.24) is 4.98 Å². The Bertz CT molecular complexity index is 986. The Morgan fingerprint density at radius 1 is 1.16 bits per heavy atom. The Balaban J connectivity index is 1.37. The minimum Gasteiger partial charge on any atom is -0.482 e. The van der Waals surface area contributed by atoms with Gasteiger partial charge in [0.2, 0.25) is 5.91 Å². The number of hydrogen-bond donors (Lipinski definition) is 1. The number of carbonyl (C=O) groups excluding carboxylic acids is 3. The number of fused-ring (bicyclic) bond motifs is 1. The molecular formula is C22H24N4O5. The smallest absolute Gasteiger partial charge is 0.265 e. The molecule has 9 heteroatoms. The molecular weight excluding hydrogens is 400 g/mol. The van der Waals surface area contributed by atoms with Gasteiger partial charge in [-0.2, -0.15) is 0 Å². The first-order chi connectivity index (χ1) is 15.0. The summed E-state index contributed by atoms with van der Waals surface area (Å²) in [6.07, 6.45) is 1.72. The van der Waals surface area contributed by atoms with Gasteiger partial charge in [-0.05, 0) is 37.3 Å². The van der Waals surface area contributed by atoms with E-state index in [0.717, 1.165) is 18.9 Å². The van der Waals surface area contributed by atoms with E-state index in [0.29, 0.717) is 35.9 Å². The van der Waals surface area contributed by atoms with Gasteiger partial charge in [-0.25, -0.2) is 4.98 Å².